The molecule has 5 nitrogen and oxygen atoms in total. The lowest BCUT2D eigenvalue weighted by Gasteiger charge is -2.33. The fourth-order valence-electron chi connectivity index (χ4n) is 3.24. The van der Waals surface area contributed by atoms with Crippen LogP contribution in [0.25, 0.3) is 0 Å². The molecule has 0 radical (unpaired) electrons. The Morgan fingerprint density at radius 3 is 2.69 bits per heavy atom. The summed E-state index contributed by atoms with van der Waals surface area (Å²) in [6.07, 6.45) is 7.18. The first-order valence-electron chi connectivity index (χ1n) is 9.97. The second-order valence-electron chi connectivity index (χ2n) is 6.99. The summed E-state index contributed by atoms with van der Waals surface area (Å²) < 4.78 is 11.7. The quantitative estimate of drug-likeness (QED) is 0.562. The van der Waals surface area contributed by atoms with Gasteiger partial charge in [0.15, 0.2) is 0 Å². The number of aliphatic carboxylic acids is 1. The second-order valence-corrected chi connectivity index (χ2v) is 6.99. The summed E-state index contributed by atoms with van der Waals surface area (Å²) in [7, 11) is 0. The Morgan fingerprint density at radius 1 is 1.19 bits per heavy atom. The Morgan fingerprint density at radius 2 is 1.96 bits per heavy atom. The van der Waals surface area contributed by atoms with Gasteiger partial charge in [-0.05, 0) is 37.1 Å². The van der Waals surface area contributed by atoms with E-state index in [0.717, 1.165) is 44.0 Å². The monoisotopic (exact) mass is 363 g/mol. The molecule has 1 aliphatic heterocycles. The van der Waals surface area contributed by atoms with Crippen LogP contribution < -0.4 is 4.74 Å². The molecule has 26 heavy (non-hydrogen) atoms. The maximum Gasteiger partial charge on any atom is 0.303 e. The van der Waals surface area contributed by atoms with Crippen LogP contribution in [0.4, 0.5) is 0 Å². The second kappa shape index (κ2) is 11.9. The van der Waals surface area contributed by atoms with Gasteiger partial charge in [-0.25, -0.2) is 0 Å². The van der Waals surface area contributed by atoms with Crippen molar-refractivity contribution >= 4 is 5.97 Å². The number of carboxylic acid groups (broad SMARTS) is 1. The highest BCUT2D eigenvalue weighted by molar-refractivity contribution is 5.66. The molecule has 5 heteroatoms. The number of rotatable bonds is 12. The highest BCUT2D eigenvalue weighted by Gasteiger charge is 2.21. The van der Waals surface area contributed by atoms with E-state index < -0.39 is 5.97 Å². The third-order valence-corrected chi connectivity index (χ3v) is 4.78. The molecule has 1 unspecified atom stereocenters. The number of hydrogen-bond acceptors (Lipinski definition) is 4. The normalized spacial score (nSPS) is 18.0. The summed E-state index contributed by atoms with van der Waals surface area (Å²) in [6.45, 7) is 6.19. The molecule has 0 amide bonds. The maximum atomic E-state index is 10.6. The SMILES string of the molecule is CCCCCCCOc1ccc(C2CN(CCCC(=O)O)CCO2)cc1. The van der Waals surface area contributed by atoms with Gasteiger partial charge in [-0.1, -0.05) is 44.7 Å². The summed E-state index contributed by atoms with van der Waals surface area (Å²) in [6, 6.07) is 8.21. The molecule has 1 saturated heterocycles. The van der Waals surface area contributed by atoms with Crippen LogP contribution in [0.5, 0.6) is 5.75 Å². The third kappa shape index (κ3) is 7.75. The number of hydrogen-bond donors (Lipinski definition) is 1. The minimum absolute atomic E-state index is 0.0525. The van der Waals surface area contributed by atoms with E-state index in [1.54, 1.807) is 0 Å². The number of nitrogens with zero attached hydrogens (tertiary/aromatic N) is 1. The van der Waals surface area contributed by atoms with Crippen LogP contribution in [0.3, 0.4) is 0 Å². The molecule has 2 rings (SSSR count). The van der Waals surface area contributed by atoms with Crippen molar-refractivity contribution in [1.82, 2.24) is 4.90 Å². The number of morpholine rings is 1. The lowest BCUT2D eigenvalue weighted by atomic mass is 10.1. The highest BCUT2D eigenvalue weighted by atomic mass is 16.5. The first-order valence-corrected chi connectivity index (χ1v) is 9.97. The molecule has 1 fully saturated rings. The van der Waals surface area contributed by atoms with E-state index >= 15 is 0 Å². The van der Waals surface area contributed by atoms with Gasteiger partial charge in [0.05, 0.1) is 19.3 Å². The van der Waals surface area contributed by atoms with Gasteiger partial charge < -0.3 is 14.6 Å². The van der Waals surface area contributed by atoms with Gasteiger partial charge in [0.25, 0.3) is 0 Å². The van der Waals surface area contributed by atoms with Crippen molar-refractivity contribution in [1.29, 1.82) is 0 Å². The van der Waals surface area contributed by atoms with Crippen LogP contribution in [0.2, 0.25) is 0 Å². The molecule has 1 atom stereocenters. The minimum atomic E-state index is -0.726. The van der Waals surface area contributed by atoms with Gasteiger partial charge in [-0.2, -0.15) is 0 Å². The highest BCUT2D eigenvalue weighted by Crippen LogP contribution is 2.24. The van der Waals surface area contributed by atoms with Crippen molar-refractivity contribution in [3.8, 4) is 5.75 Å². The summed E-state index contributed by atoms with van der Waals surface area (Å²) in [5, 5.41) is 8.76. The standard InChI is InChI=1S/C21H33NO4/c1-2-3-4-5-6-15-25-19-11-9-18(10-12-19)20-17-22(14-16-26-20)13-7-8-21(23)24/h9-12,20H,2-8,13-17H2,1H3,(H,23,24). The molecule has 0 aromatic heterocycles. The molecule has 1 aliphatic rings. The van der Waals surface area contributed by atoms with Crippen molar-refractivity contribution in [2.75, 3.05) is 32.8 Å². The lowest BCUT2D eigenvalue weighted by molar-refractivity contribution is -0.137. The fourth-order valence-corrected chi connectivity index (χ4v) is 3.24. The summed E-state index contributed by atoms with van der Waals surface area (Å²) in [5.41, 5.74) is 1.16. The first kappa shape index (κ1) is 20.7. The van der Waals surface area contributed by atoms with Gasteiger partial charge in [0.2, 0.25) is 0 Å². The van der Waals surface area contributed by atoms with Gasteiger partial charge in [-0.15, -0.1) is 0 Å². The molecule has 1 aromatic rings. The van der Waals surface area contributed by atoms with E-state index in [9.17, 15) is 4.79 Å². The fraction of sp³-hybridized carbons (Fsp3) is 0.667. The predicted octanol–water partition coefficient (Wildman–Crippen LogP) is 4.27. The van der Waals surface area contributed by atoms with Gasteiger partial charge in [0, 0.05) is 19.5 Å². The smallest absolute Gasteiger partial charge is 0.303 e. The zero-order valence-corrected chi connectivity index (χ0v) is 16.0. The first-order chi connectivity index (χ1) is 12.7. The number of carbonyl (C=O) groups is 1. The van der Waals surface area contributed by atoms with Crippen LogP contribution >= 0.6 is 0 Å². The van der Waals surface area contributed by atoms with E-state index in [1.165, 1.54) is 25.7 Å². The zero-order chi connectivity index (χ0) is 18.6. The van der Waals surface area contributed by atoms with Crippen LogP contribution in [-0.2, 0) is 9.53 Å². The van der Waals surface area contributed by atoms with Gasteiger partial charge in [0.1, 0.15) is 5.75 Å². The van der Waals surface area contributed by atoms with Crippen molar-refractivity contribution in [2.24, 2.45) is 0 Å². The number of carboxylic acids is 1. The molecule has 0 spiro atoms. The van der Waals surface area contributed by atoms with Gasteiger partial charge >= 0.3 is 5.97 Å². The molecule has 0 bridgehead atoms. The van der Waals surface area contributed by atoms with Crippen molar-refractivity contribution < 1.29 is 19.4 Å². The molecule has 1 N–H and O–H groups in total. The van der Waals surface area contributed by atoms with E-state index in [0.29, 0.717) is 13.0 Å². The molecule has 0 aliphatic carbocycles. The molecule has 1 heterocycles. The molecule has 1 aromatic carbocycles. The molecule has 0 saturated carbocycles. The lowest BCUT2D eigenvalue weighted by Crippen LogP contribution is -2.38. The summed E-state index contributed by atoms with van der Waals surface area (Å²) >= 11 is 0. The van der Waals surface area contributed by atoms with E-state index in [1.807, 2.05) is 12.1 Å². The van der Waals surface area contributed by atoms with E-state index in [2.05, 4.69) is 24.0 Å². The Bertz CT molecular complexity index is 517. The third-order valence-electron chi connectivity index (χ3n) is 4.78. The van der Waals surface area contributed by atoms with Crippen molar-refractivity contribution in [2.45, 2.75) is 58.0 Å². The van der Waals surface area contributed by atoms with Crippen molar-refractivity contribution in [3.05, 3.63) is 29.8 Å². The van der Waals surface area contributed by atoms with Crippen LogP contribution in [0.15, 0.2) is 24.3 Å². The maximum absolute atomic E-state index is 10.6. The molecule has 146 valence electrons. The summed E-state index contributed by atoms with van der Waals surface area (Å²) in [4.78, 5) is 12.9. The van der Waals surface area contributed by atoms with Crippen LogP contribution in [0.1, 0.15) is 63.5 Å². The molecular weight excluding hydrogens is 330 g/mol. The molecular formula is C21H33NO4. The largest absolute Gasteiger partial charge is 0.494 e. The Labute approximate surface area is 157 Å². The Hall–Kier alpha value is -1.59. The average Bonchev–Trinajstić information content (AvgIpc) is 2.65. The number of ether oxygens (including phenoxy) is 2. The number of unbranched alkanes of at least 4 members (excludes halogenated alkanes) is 4. The zero-order valence-electron chi connectivity index (χ0n) is 16.0. The minimum Gasteiger partial charge on any atom is -0.494 e. The number of benzene rings is 1. The van der Waals surface area contributed by atoms with Crippen LogP contribution in [-0.4, -0.2) is 48.8 Å². The average molecular weight is 363 g/mol. The van der Waals surface area contributed by atoms with Crippen molar-refractivity contribution in [3.63, 3.8) is 0 Å². The summed E-state index contributed by atoms with van der Waals surface area (Å²) in [5.74, 6) is 0.189. The van der Waals surface area contributed by atoms with E-state index in [4.69, 9.17) is 14.6 Å². The van der Waals surface area contributed by atoms with E-state index in [-0.39, 0.29) is 12.5 Å². The van der Waals surface area contributed by atoms with Gasteiger partial charge in [-0.3, -0.25) is 9.69 Å². The Kier molecular flexibility index (Phi) is 9.50. The topological polar surface area (TPSA) is 59.0 Å². The Balaban J connectivity index is 1.72. The van der Waals surface area contributed by atoms with Crippen LogP contribution in [0, 0.1) is 0 Å². The predicted molar refractivity (Wildman–Crippen MR) is 103 cm³/mol.